The number of carbonyl (C=O) groups is 1. The monoisotopic (exact) mass is 410 g/mol. The molecular weight excluding hydrogens is 395 g/mol. The van der Waals surface area contributed by atoms with Gasteiger partial charge in [0.15, 0.2) is 5.76 Å². The molecule has 0 saturated heterocycles. The van der Waals surface area contributed by atoms with Crippen LogP contribution in [0.5, 0.6) is 11.5 Å². The maximum absolute atomic E-state index is 12.6. The van der Waals surface area contributed by atoms with Crippen molar-refractivity contribution < 1.29 is 14.3 Å². The van der Waals surface area contributed by atoms with Crippen molar-refractivity contribution in [3.8, 4) is 11.5 Å². The number of aryl methyl sites for hydroxylation is 1. The molecule has 1 aliphatic rings. The number of carbonyl (C=O) groups excluding carboxylic acids is 1. The summed E-state index contributed by atoms with van der Waals surface area (Å²) in [5, 5.41) is 0.985. The Hall–Kier alpha value is -2.75. The highest BCUT2D eigenvalue weighted by Gasteiger charge is 2.28. The lowest BCUT2D eigenvalue weighted by atomic mass is 10.1. The van der Waals surface area contributed by atoms with Gasteiger partial charge in [0.25, 0.3) is 0 Å². The summed E-state index contributed by atoms with van der Waals surface area (Å²) >= 11 is 12.1. The molecule has 0 N–H and O–H groups in total. The van der Waals surface area contributed by atoms with Crippen LogP contribution in [0.2, 0.25) is 10.0 Å². The molecule has 1 aliphatic heterocycles. The smallest absolute Gasteiger partial charge is 0.231 e. The summed E-state index contributed by atoms with van der Waals surface area (Å²) in [7, 11) is 0. The second-order valence-electron chi connectivity index (χ2n) is 6.54. The van der Waals surface area contributed by atoms with Gasteiger partial charge in [0.2, 0.25) is 5.78 Å². The van der Waals surface area contributed by atoms with Crippen LogP contribution in [0.15, 0.2) is 66.4 Å². The van der Waals surface area contributed by atoms with E-state index < -0.39 is 0 Å². The third-order valence-corrected chi connectivity index (χ3v) is 4.98. The van der Waals surface area contributed by atoms with Crippen LogP contribution in [0.1, 0.15) is 27.0 Å². The summed E-state index contributed by atoms with van der Waals surface area (Å²) < 4.78 is 11.6. The third kappa shape index (κ3) is 3.91. The molecule has 0 spiro atoms. The zero-order valence-electron chi connectivity index (χ0n) is 15.0. The molecule has 4 rings (SSSR count). The molecule has 3 nitrogen and oxygen atoms in total. The third-order valence-electron chi connectivity index (χ3n) is 4.42. The standard InChI is InChI=1S/C23H16Cl2O3/c1-14-2-4-15(5-3-14)13-27-18-8-9-19-21(12-18)28-22(23(19)26)10-16-6-7-17(24)11-20(16)25/h2-12H,13H2,1H3/b22-10-. The van der Waals surface area contributed by atoms with Gasteiger partial charge in [0.05, 0.1) is 5.56 Å². The zero-order chi connectivity index (χ0) is 19.7. The normalized spacial score (nSPS) is 14.1. The summed E-state index contributed by atoms with van der Waals surface area (Å²) in [5.74, 6) is 1.14. The van der Waals surface area contributed by atoms with E-state index in [0.717, 1.165) is 5.56 Å². The fourth-order valence-electron chi connectivity index (χ4n) is 2.87. The van der Waals surface area contributed by atoms with Gasteiger partial charge in [0.1, 0.15) is 18.1 Å². The van der Waals surface area contributed by atoms with Gasteiger partial charge in [-0.2, -0.15) is 0 Å². The molecule has 0 fully saturated rings. The summed E-state index contributed by atoms with van der Waals surface area (Å²) in [4.78, 5) is 12.6. The maximum atomic E-state index is 12.6. The van der Waals surface area contributed by atoms with E-state index in [-0.39, 0.29) is 11.5 Å². The Morgan fingerprint density at radius 1 is 1.00 bits per heavy atom. The van der Waals surface area contributed by atoms with E-state index in [1.54, 1.807) is 42.5 Å². The van der Waals surface area contributed by atoms with Crippen molar-refractivity contribution in [1.29, 1.82) is 0 Å². The van der Waals surface area contributed by atoms with Crippen LogP contribution in [0, 0.1) is 6.92 Å². The maximum Gasteiger partial charge on any atom is 0.231 e. The zero-order valence-corrected chi connectivity index (χ0v) is 16.6. The Bertz CT molecular complexity index is 1090. The van der Waals surface area contributed by atoms with Gasteiger partial charge < -0.3 is 9.47 Å². The average molecular weight is 411 g/mol. The van der Waals surface area contributed by atoms with Crippen LogP contribution in [0.25, 0.3) is 6.08 Å². The summed E-state index contributed by atoms with van der Waals surface area (Å²) in [6.07, 6.45) is 1.62. The molecule has 140 valence electrons. The van der Waals surface area contributed by atoms with E-state index in [1.807, 2.05) is 31.2 Å². The van der Waals surface area contributed by atoms with Crippen molar-refractivity contribution in [1.82, 2.24) is 0 Å². The molecule has 0 unspecified atom stereocenters. The summed E-state index contributed by atoms with van der Waals surface area (Å²) in [5.41, 5.74) is 3.44. The number of hydrogen-bond acceptors (Lipinski definition) is 3. The highest BCUT2D eigenvalue weighted by Crippen LogP contribution is 2.36. The minimum absolute atomic E-state index is 0.189. The molecule has 0 aliphatic carbocycles. The first-order valence-electron chi connectivity index (χ1n) is 8.71. The summed E-state index contributed by atoms with van der Waals surface area (Å²) in [6, 6.07) is 18.4. The minimum Gasteiger partial charge on any atom is -0.489 e. The number of benzene rings is 3. The van der Waals surface area contributed by atoms with Crippen LogP contribution in [-0.4, -0.2) is 5.78 Å². The second kappa shape index (κ2) is 7.70. The molecule has 0 saturated carbocycles. The lowest BCUT2D eigenvalue weighted by molar-refractivity contribution is 0.101. The number of ketones is 1. The van der Waals surface area contributed by atoms with Gasteiger partial charge in [-0.3, -0.25) is 4.79 Å². The Balaban J connectivity index is 1.52. The van der Waals surface area contributed by atoms with Crippen LogP contribution >= 0.6 is 23.2 Å². The van der Waals surface area contributed by atoms with Crippen LogP contribution in [0.4, 0.5) is 0 Å². The van der Waals surface area contributed by atoms with E-state index in [2.05, 4.69) is 0 Å². The molecule has 0 aromatic heterocycles. The largest absolute Gasteiger partial charge is 0.489 e. The van der Waals surface area contributed by atoms with E-state index in [9.17, 15) is 4.79 Å². The Kier molecular flexibility index (Phi) is 5.12. The molecule has 1 heterocycles. The van der Waals surface area contributed by atoms with Gasteiger partial charge in [-0.1, -0.05) is 59.1 Å². The van der Waals surface area contributed by atoms with Crippen molar-refractivity contribution >= 4 is 35.1 Å². The minimum atomic E-state index is -0.189. The molecule has 0 bridgehead atoms. The van der Waals surface area contributed by atoms with E-state index in [0.29, 0.717) is 39.3 Å². The van der Waals surface area contributed by atoms with Crippen molar-refractivity contribution in [3.63, 3.8) is 0 Å². The number of allylic oxidation sites excluding steroid dienone is 1. The fraction of sp³-hybridized carbons (Fsp3) is 0.0870. The van der Waals surface area contributed by atoms with Crippen LogP contribution < -0.4 is 9.47 Å². The first-order valence-corrected chi connectivity index (χ1v) is 9.47. The van der Waals surface area contributed by atoms with Crippen molar-refractivity contribution in [3.05, 3.63) is 98.7 Å². The van der Waals surface area contributed by atoms with Gasteiger partial charge in [-0.25, -0.2) is 0 Å². The summed E-state index contributed by atoms with van der Waals surface area (Å²) in [6.45, 7) is 2.48. The predicted molar refractivity (Wildman–Crippen MR) is 111 cm³/mol. The van der Waals surface area contributed by atoms with Crippen molar-refractivity contribution in [2.24, 2.45) is 0 Å². The number of Topliss-reactive ketones (excluding diaryl/α,β-unsaturated/α-hetero) is 1. The number of hydrogen-bond donors (Lipinski definition) is 0. The molecule has 0 atom stereocenters. The molecule has 28 heavy (non-hydrogen) atoms. The van der Waals surface area contributed by atoms with Crippen LogP contribution in [0.3, 0.4) is 0 Å². The Labute approximate surface area is 173 Å². The van der Waals surface area contributed by atoms with Crippen molar-refractivity contribution in [2.75, 3.05) is 0 Å². The average Bonchev–Trinajstić information content (AvgIpc) is 2.98. The number of fused-ring (bicyclic) bond motifs is 1. The van der Waals surface area contributed by atoms with Gasteiger partial charge >= 0.3 is 0 Å². The topological polar surface area (TPSA) is 35.5 Å². The SMILES string of the molecule is Cc1ccc(COc2ccc3c(c2)O/C(=C\c2ccc(Cl)cc2Cl)C3=O)cc1. The number of halogens is 2. The van der Waals surface area contributed by atoms with Gasteiger partial charge in [0, 0.05) is 16.1 Å². The molecular formula is C23H16Cl2O3. The quantitative estimate of drug-likeness (QED) is 0.460. The fourth-order valence-corrected chi connectivity index (χ4v) is 3.33. The Morgan fingerprint density at radius 3 is 2.54 bits per heavy atom. The second-order valence-corrected chi connectivity index (χ2v) is 7.38. The molecule has 3 aromatic carbocycles. The predicted octanol–water partition coefficient (Wildman–Crippen LogP) is 6.50. The first kappa shape index (κ1) is 18.6. The van der Waals surface area contributed by atoms with Gasteiger partial charge in [-0.05, 0) is 48.4 Å². The van der Waals surface area contributed by atoms with Crippen molar-refractivity contribution in [2.45, 2.75) is 13.5 Å². The Morgan fingerprint density at radius 2 is 1.79 bits per heavy atom. The van der Waals surface area contributed by atoms with E-state index in [4.69, 9.17) is 32.7 Å². The number of ether oxygens (including phenoxy) is 2. The first-order chi connectivity index (χ1) is 13.5. The number of rotatable bonds is 4. The van der Waals surface area contributed by atoms with E-state index >= 15 is 0 Å². The highest BCUT2D eigenvalue weighted by molar-refractivity contribution is 6.35. The molecule has 5 heteroatoms. The van der Waals surface area contributed by atoms with E-state index in [1.165, 1.54) is 5.56 Å². The molecule has 0 radical (unpaired) electrons. The lowest BCUT2D eigenvalue weighted by Gasteiger charge is -2.07. The molecule has 0 amide bonds. The van der Waals surface area contributed by atoms with Crippen LogP contribution in [-0.2, 0) is 6.61 Å². The van der Waals surface area contributed by atoms with Gasteiger partial charge in [-0.15, -0.1) is 0 Å². The highest BCUT2D eigenvalue weighted by atomic mass is 35.5. The lowest BCUT2D eigenvalue weighted by Crippen LogP contribution is -1.98. The molecule has 3 aromatic rings.